The van der Waals surface area contributed by atoms with Gasteiger partial charge in [0, 0.05) is 64.6 Å². The first-order chi connectivity index (χ1) is 9.33. The molecule has 0 bridgehead atoms. The van der Waals surface area contributed by atoms with Crippen molar-refractivity contribution in [2.24, 2.45) is 7.05 Å². The third-order valence-electron chi connectivity index (χ3n) is 3.58. The minimum absolute atomic E-state index is 0.988. The molecule has 5 nitrogen and oxygen atoms in total. The van der Waals surface area contributed by atoms with Gasteiger partial charge in [0.15, 0.2) is 0 Å². The van der Waals surface area contributed by atoms with Gasteiger partial charge in [-0.25, -0.2) is 4.98 Å². The predicted molar refractivity (Wildman–Crippen MR) is 74.9 cm³/mol. The predicted octanol–water partition coefficient (Wildman–Crippen LogP) is 1.14. The molecule has 0 spiro atoms. The molecule has 0 aromatic carbocycles. The van der Waals surface area contributed by atoms with Crippen molar-refractivity contribution in [1.29, 1.82) is 0 Å². The van der Waals surface area contributed by atoms with Crippen LogP contribution in [-0.4, -0.2) is 45.6 Å². The molecule has 3 heterocycles. The lowest BCUT2D eigenvalue weighted by atomic mass is 10.2. The summed E-state index contributed by atoms with van der Waals surface area (Å²) in [6, 6.07) is 4.14. The van der Waals surface area contributed by atoms with E-state index in [-0.39, 0.29) is 0 Å². The van der Waals surface area contributed by atoms with Gasteiger partial charge in [-0.05, 0) is 11.6 Å². The van der Waals surface area contributed by atoms with E-state index in [2.05, 4.69) is 30.4 Å². The Kier molecular flexibility index (Phi) is 3.46. The van der Waals surface area contributed by atoms with Crippen LogP contribution in [0.1, 0.15) is 5.56 Å². The molecule has 2 aromatic rings. The Morgan fingerprint density at radius 2 is 2.00 bits per heavy atom. The van der Waals surface area contributed by atoms with Crippen LogP contribution in [0, 0.1) is 0 Å². The highest BCUT2D eigenvalue weighted by molar-refractivity contribution is 5.31. The van der Waals surface area contributed by atoms with Crippen LogP contribution in [0.3, 0.4) is 0 Å². The molecule has 0 amide bonds. The third kappa shape index (κ3) is 2.76. The van der Waals surface area contributed by atoms with Gasteiger partial charge < -0.3 is 9.47 Å². The van der Waals surface area contributed by atoms with E-state index in [0.29, 0.717) is 0 Å². The fraction of sp³-hybridized carbons (Fsp3) is 0.429. The standard InChI is InChI=1S/C14H19N5/c1-17-6-5-16-14(17)19-9-7-18(8-10-19)12-13-3-2-4-15-11-13/h2-6,11H,7-10,12H2,1H3. The molecule has 0 atom stereocenters. The highest BCUT2D eigenvalue weighted by Crippen LogP contribution is 2.14. The fourth-order valence-corrected chi connectivity index (χ4v) is 2.52. The largest absolute Gasteiger partial charge is 0.340 e. The van der Waals surface area contributed by atoms with E-state index in [9.17, 15) is 0 Å². The zero-order valence-electron chi connectivity index (χ0n) is 11.2. The second-order valence-corrected chi connectivity index (χ2v) is 4.96. The minimum atomic E-state index is 0.988. The molecule has 19 heavy (non-hydrogen) atoms. The van der Waals surface area contributed by atoms with Crippen molar-refractivity contribution in [3.05, 3.63) is 42.5 Å². The van der Waals surface area contributed by atoms with Crippen LogP contribution < -0.4 is 4.90 Å². The number of aryl methyl sites for hydroxylation is 1. The number of anilines is 1. The van der Waals surface area contributed by atoms with Crippen LogP contribution in [0.4, 0.5) is 5.95 Å². The van der Waals surface area contributed by atoms with Crippen molar-refractivity contribution in [2.45, 2.75) is 6.54 Å². The summed E-state index contributed by atoms with van der Waals surface area (Å²) in [5.41, 5.74) is 1.29. The maximum atomic E-state index is 4.41. The van der Waals surface area contributed by atoms with E-state index in [1.165, 1.54) is 5.56 Å². The van der Waals surface area contributed by atoms with Crippen LogP contribution in [0.5, 0.6) is 0 Å². The van der Waals surface area contributed by atoms with Crippen molar-refractivity contribution >= 4 is 5.95 Å². The van der Waals surface area contributed by atoms with Gasteiger partial charge in [0.05, 0.1) is 0 Å². The van der Waals surface area contributed by atoms with Crippen molar-refractivity contribution < 1.29 is 0 Å². The molecule has 1 aliphatic rings. The van der Waals surface area contributed by atoms with Crippen molar-refractivity contribution in [3.63, 3.8) is 0 Å². The Morgan fingerprint density at radius 1 is 1.16 bits per heavy atom. The maximum Gasteiger partial charge on any atom is 0.205 e. The highest BCUT2D eigenvalue weighted by atomic mass is 15.3. The number of hydrogen-bond donors (Lipinski definition) is 0. The normalized spacial score (nSPS) is 16.8. The molecular weight excluding hydrogens is 238 g/mol. The van der Waals surface area contributed by atoms with Crippen LogP contribution in [0.2, 0.25) is 0 Å². The Labute approximate surface area is 113 Å². The molecule has 1 fully saturated rings. The monoisotopic (exact) mass is 257 g/mol. The Morgan fingerprint density at radius 3 is 2.63 bits per heavy atom. The molecule has 3 rings (SSSR count). The molecule has 2 aromatic heterocycles. The summed E-state index contributed by atoms with van der Waals surface area (Å²) in [5, 5.41) is 0. The lowest BCUT2D eigenvalue weighted by molar-refractivity contribution is 0.248. The van der Waals surface area contributed by atoms with Gasteiger partial charge in [0.1, 0.15) is 0 Å². The lowest BCUT2D eigenvalue weighted by Gasteiger charge is -2.35. The van der Waals surface area contributed by atoms with E-state index in [1.54, 1.807) is 0 Å². The summed E-state index contributed by atoms with van der Waals surface area (Å²) in [6.45, 7) is 5.20. The summed E-state index contributed by atoms with van der Waals surface area (Å²) in [7, 11) is 2.05. The average Bonchev–Trinajstić information content (AvgIpc) is 2.87. The average molecular weight is 257 g/mol. The van der Waals surface area contributed by atoms with Crippen molar-refractivity contribution in [1.82, 2.24) is 19.4 Å². The zero-order valence-corrected chi connectivity index (χ0v) is 11.2. The van der Waals surface area contributed by atoms with Crippen LogP contribution in [0.15, 0.2) is 36.9 Å². The molecule has 0 saturated carbocycles. The smallest absolute Gasteiger partial charge is 0.205 e. The first-order valence-corrected chi connectivity index (χ1v) is 6.66. The molecule has 0 aliphatic carbocycles. The lowest BCUT2D eigenvalue weighted by Crippen LogP contribution is -2.46. The number of pyridine rings is 1. The molecule has 5 heteroatoms. The van der Waals surface area contributed by atoms with Crippen LogP contribution >= 0.6 is 0 Å². The van der Waals surface area contributed by atoms with E-state index < -0.39 is 0 Å². The summed E-state index contributed by atoms with van der Waals surface area (Å²) in [5.74, 6) is 1.07. The second-order valence-electron chi connectivity index (χ2n) is 4.96. The SMILES string of the molecule is Cn1ccnc1N1CCN(Cc2cccnc2)CC1. The van der Waals surface area contributed by atoms with E-state index in [0.717, 1.165) is 38.7 Å². The van der Waals surface area contributed by atoms with Gasteiger partial charge in [-0.1, -0.05) is 6.07 Å². The van der Waals surface area contributed by atoms with Gasteiger partial charge in [-0.15, -0.1) is 0 Å². The molecule has 0 unspecified atom stereocenters. The number of piperazine rings is 1. The maximum absolute atomic E-state index is 4.41. The summed E-state index contributed by atoms with van der Waals surface area (Å²) in [4.78, 5) is 13.4. The molecule has 1 saturated heterocycles. The van der Waals surface area contributed by atoms with Gasteiger partial charge in [-0.3, -0.25) is 9.88 Å². The second kappa shape index (κ2) is 5.40. The van der Waals surface area contributed by atoms with Gasteiger partial charge in [0.25, 0.3) is 0 Å². The third-order valence-corrected chi connectivity index (χ3v) is 3.58. The summed E-state index contributed by atoms with van der Waals surface area (Å²) >= 11 is 0. The van der Waals surface area contributed by atoms with Crippen molar-refractivity contribution in [2.75, 3.05) is 31.1 Å². The Hall–Kier alpha value is -1.88. The first kappa shape index (κ1) is 12.2. The number of imidazole rings is 1. The van der Waals surface area contributed by atoms with E-state index >= 15 is 0 Å². The summed E-state index contributed by atoms with van der Waals surface area (Å²) in [6.07, 6.45) is 7.63. The zero-order chi connectivity index (χ0) is 13.1. The number of rotatable bonds is 3. The minimum Gasteiger partial charge on any atom is -0.340 e. The van der Waals surface area contributed by atoms with Crippen molar-refractivity contribution in [3.8, 4) is 0 Å². The van der Waals surface area contributed by atoms with Gasteiger partial charge in [-0.2, -0.15) is 0 Å². The number of aromatic nitrogens is 3. The molecular formula is C14H19N5. The number of nitrogens with zero attached hydrogens (tertiary/aromatic N) is 5. The van der Waals surface area contributed by atoms with Gasteiger partial charge >= 0.3 is 0 Å². The molecule has 0 N–H and O–H groups in total. The van der Waals surface area contributed by atoms with Crippen LogP contribution in [0.25, 0.3) is 0 Å². The van der Waals surface area contributed by atoms with Gasteiger partial charge in [0.2, 0.25) is 5.95 Å². The molecule has 1 aliphatic heterocycles. The summed E-state index contributed by atoms with van der Waals surface area (Å²) < 4.78 is 2.08. The number of hydrogen-bond acceptors (Lipinski definition) is 4. The molecule has 100 valence electrons. The topological polar surface area (TPSA) is 37.2 Å². The first-order valence-electron chi connectivity index (χ1n) is 6.66. The Balaban J connectivity index is 1.57. The van der Waals surface area contributed by atoms with E-state index in [4.69, 9.17) is 0 Å². The quantitative estimate of drug-likeness (QED) is 0.826. The Bertz CT molecular complexity index is 514. The highest BCUT2D eigenvalue weighted by Gasteiger charge is 2.19. The fourth-order valence-electron chi connectivity index (χ4n) is 2.52. The molecule has 0 radical (unpaired) electrons. The van der Waals surface area contributed by atoms with Crippen LogP contribution in [-0.2, 0) is 13.6 Å². The van der Waals surface area contributed by atoms with E-state index in [1.807, 2.05) is 37.9 Å².